The number of unbranched alkanes of at least 4 members (excludes halogenated alkanes) is 18. The Morgan fingerprint density at radius 2 is 0.828 bits per heavy atom. The van der Waals surface area contributed by atoms with Crippen molar-refractivity contribution >= 4 is 11.9 Å². The van der Waals surface area contributed by atoms with Crippen molar-refractivity contribution in [3.05, 3.63) is 158 Å². The highest BCUT2D eigenvalue weighted by atomic mass is 16.7. The largest absolute Gasteiger partial charge is 0.454 e. The Hall–Kier alpha value is -4.72. The fourth-order valence-corrected chi connectivity index (χ4v) is 9.60. The lowest BCUT2D eigenvalue weighted by Crippen LogP contribution is -2.61. The number of esters is 1. The molecule has 1 rings (SSSR count). The monoisotopic (exact) mass is 1210 g/mol. The summed E-state index contributed by atoms with van der Waals surface area (Å²) in [7, 11) is 0. The minimum Gasteiger partial charge on any atom is -0.454 e. The van der Waals surface area contributed by atoms with Crippen LogP contribution in [0.2, 0.25) is 0 Å². The van der Waals surface area contributed by atoms with Crippen molar-refractivity contribution in [1.82, 2.24) is 5.32 Å². The molecule has 1 saturated heterocycles. The van der Waals surface area contributed by atoms with Crippen molar-refractivity contribution in [3.63, 3.8) is 0 Å². The first-order valence-electron chi connectivity index (χ1n) is 34.3. The van der Waals surface area contributed by atoms with Crippen molar-refractivity contribution in [2.45, 2.75) is 294 Å². The van der Waals surface area contributed by atoms with E-state index in [1.54, 1.807) is 6.08 Å². The van der Waals surface area contributed by atoms with Crippen LogP contribution in [-0.2, 0) is 23.8 Å². The van der Waals surface area contributed by atoms with E-state index < -0.39 is 67.4 Å². The third kappa shape index (κ3) is 48.8. The van der Waals surface area contributed by atoms with Crippen LogP contribution in [-0.4, -0.2) is 99.6 Å². The Labute approximate surface area is 529 Å². The Morgan fingerprint density at radius 1 is 0.460 bits per heavy atom. The summed E-state index contributed by atoms with van der Waals surface area (Å²) in [6.45, 7) is 5.53. The van der Waals surface area contributed by atoms with Gasteiger partial charge in [-0.25, -0.2) is 0 Å². The minimum absolute atomic E-state index is 0.0804. The van der Waals surface area contributed by atoms with E-state index in [9.17, 15) is 35.1 Å². The quantitative estimate of drug-likeness (QED) is 0.0195. The maximum atomic E-state index is 13.5. The van der Waals surface area contributed by atoms with Gasteiger partial charge >= 0.3 is 5.97 Å². The fraction of sp³-hybridized carbons (Fsp3) is 0.632. The van der Waals surface area contributed by atoms with E-state index in [-0.39, 0.29) is 19.4 Å². The van der Waals surface area contributed by atoms with Crippen molar-refractivity contribution in [3.8, 4) is 0 Å². The third-order valence-electron chi connectivity index (χ3n) is 14.9. The number of carbonyl (C=O) groups is 2. The molecule has 492 valence electrons. The third-order valence-corrected chi connectivity index (χ3v) is 14.9. The minimum atomic E-state index is -1.64. The number of rotatable bonds is 56. The van der Waals surface area contributed by atoms with Crippen LogP contribution in [0.15, 0.2) is 158 Å². The summed E-state index contributed by atoms with van der Waals surface area (Å²) in [4.78, 5) is 26.7. The molecule has 1 heterocycles. The molecule has 0 aromatic carbocycles. The molecule has 87 heavy (non-hydrogen) atoms. The van der Waals surface area contributed by atoms with E-state index in [1.165, 1.54) is 51.4 Å². The summed E-state index contributed by atoms with van der Waals surface area (Å²) in [5.41, 5.74) is 0. The number of aliphatic hydroxyl groups is 5. The maximum absolute atomic E-state index is 13.5. The lowest BCUT2D eigenvalue weighted by molar-refractivity contribution is -0.305. The van der Waals surface area contributed by atoms with Crippen LogP contribution in [0, 0.1) is 0 Å². The Bertz CT molecular complexity index is 2020. The Morgan fingerprint density at radius 3 is 1.24 bits per heavy atom. The van der Waals surface area contributed by atoms with E-state index >= 15 is 0 Å². The first-order valence-corrected chi connectivity index (χ1v) is 34.3. The molecule has 0 radical (unpaired) electrons. The van der Waals surface area contributed by atoms with Crippen LogP contribution in [0.1, 0.15) is 245 Å². The van der Waals surface area contributed by atoms with Crippen molar-refractivity contribution in [1.29, 1.82) is 0 Å². The molecular weight excluding hydrogens is 1090 g/mol. The van der Waals surface area contributed by atoms with Gasteiger partial charge in [-0.15, -0.1) is 0 Å². The van der Waals surface area contributed by atoms with Crippen LogP contribution >= 0.6 is 0 Å². The van der Waals surface area contributed by atoms with E-state index in [0.29, 0.717) is 12.8 Å². The van der Waals surface area contributed by atoms with Gasteiger partial charge in [-0.3, -0.25) is 9.59 Å². The van der Waals surface area contributed by atoms with Crippen LogP contribution in [0.5, 0.6) is 0 Å². The molecule has 0 aromatic rings. The number of amides is 1. The molecule has 1 amide bonds. The zero-order chi connectivity index (χ0) is 63.1. The Balaban J connectivity index is 2.69. The Kier molecular flexibility index (Phi) is 56.8. The first kappa shape index (κ1) is 80.3. The SMILES string of the molecule is CC/C=C\C/C=C\C/C=C\C/C=C\C/C=C\C/C=C\CCCCCCC(=O)OC1C(OCC(NC(=O)C(O)CCCCC/C=C\C/C=C\C/C=C\C/C=C\C/C=C\C/C=C\CC)C(O)/C=C/CCCCCCCCCCCCC)OC(CO)C(O)C1O. The predicted octanol–water partition coefficient (Wildman–Crippen LogP) is 17.5. The summed E-state index contributed by atoms with van der Waals surface area (Å²) in [5.74, 6) is -1.26. The molecule has 11 heteroatoms. The average Bonchev–Trinajstić information content (AvgIpc) is 2.32. The van der Waals surface area contributed by atoms with E-state index in [1.807, 2.05) is 6.08 Å². The van der Waals surface area contributed by atoms with Crippen LogP contribution < -0.4 is 5.32 Å². The summed E-state index contributed by atoms with van der Waals surface area (Å²) < 4.78 is 17.6. The summed E-state index contributed by atoms with van der Waals surface area (Å²) in [6.07, 6.45) is 79.8. The second-order valence-corrected chi connectivity index (χ2v) is 22.8. The molecule has 8 unspecified atom stereocenters. The van der Waals surface area contributed by atoms with Gasteiger partial charge in [-0.1, -0.05) is 269 Å². The molecule has 1 aliphatic rings. The smallest absolute Gasteiger partial charge is 0.306 e. The van der Waals surface area contributed by atoms with E-state index in [2.05, 4.69) is 172 Å². The lowest BCUT2D eigenvalue weighted by Gasteiger charge is -2.41. The number of allylic oxidation sites excluding steroid dienone is 25. The molecule has 8 atom stereocenters. The van der Waals surface area contributed by atoms with Gasteiger partial charge in [-0.05, 0) is 128 Å². The van der Waals surface area contributed by atoms with Crippen LogP contribution in [0.4, 0.5) is 0 Å². The molecule has 11 nitrogen and oxygen atoms in total. The number of hydrogen-bond donors (Lipinski definition) is 6. The maximum Gasteiger partial charge on any atom is 0.306 e. The number of ether oxygens (including phenoxy) is 3. The van der Waals surface area contributed by atoms with Gasteiger partial charge in [0.2, 0.25) is 5.91 Å². The van der Waals surface area contributed by atoms with Gasteiger partial charge in [0.1, 0.15) is 24.4 Å². The molecule has 0 aromatic heterocycles. The highest BCUT2D eigenvalue weighted by molar-refractivity contribution is 5.80. The van der Waals surface area contributed by atoms with Crippen LogP contribution in [0.3, 0.4) is 0 Å². The van der Waals surface area contributed by atoms with E-state index in [0.717, 1.165) is 148 Å². The molecule has 0 bridgehead atoms. The second-order valence-electron chi connectivity index (χ2n) is 22.8. The van der Waals surface area contributed by atoms with Gasteiger partial charge in [0, 0.05) is 6.42 Å². The standard InChI is InChI=1S/C76H123NO10/c1-4-7-10-13-16-19-22-25-27-29-31-33-35-37-39-41-43-46-49-52-55-58-61-64-71(81)87-74-73(83)72(82)70(65-78)86-76(74)85-66-67(68(79)62-59-56-53-50-47-44-24-21-18-15-12-9-6-3)77-75(84)69(80)63-60-57-54-51-48-45-42-40-38-36-34-32-30-28-26-23-20-17-14-11-8-5-2/h7-8,10-11,16-17,19-20,25-28,31-34,37-40,43,45-46,48,59,62,67-70,72-74,76,78-80,82-83H,4-6,9,12-15,18,21-24,29-30,35-36,41-42,44,47,49-58,60-61,63-66H2,1-3H3,(H,77,84)/b10-7-,11-8-,19-16-,20-17-,27-25-,28-26-,33-31-,34-32-,39-37-,40-38-,46-43-,48-45-,62-59+. The summed E-state index contributed by atoms with van der Waals surface area (Å²) in [5, 5.41) is 57.2. The number of hydrogen-bond acceptors (Lipinski definition) is 10. The molecule has 1 fully saturated rings. The van der Waals surface area contributed by atoms with Gasteiger partial charge in [-0.2, -0.15) is 0 Å². The highest BCUT2D eigenvalue weighted by Crippen LogP contribution is 2.26. The molecule has 1 aliphatic heterocycles. The molecular formula is C76H123NO10. The van der Waals surface area contributed by atoms with Crippen molar-refractivity contribution in [2.24, 2.45) is 0 Å². The highest BCUT2D eigenvalue weighted by Gasteiger charge is 2.47. The van der Waals surface area contributed by atoms with Crippen molar-refractivity contribution < 1.29 is 49.3 Å². The molecule has 0 aliphatic carbocycles. The number of nitrogens with one attached hydrogen (secondary N) is 1. The van der Waals surface area contributed by atoms with Gasteiger partial charge in [0.25, 0.3) is 0 Å². The van der Waals surface area contributed by atoms with Crippen LogP contribution in [0.25, 0.3) is 0 Å². The first-order chi connectivity index (χ1) is 42.7. The van der Waals surface area contributed by atoms with Gasteiger partial charge in [0.05, 0.1) is 25.4 Å². The topological polar surface area (TPSA) is 175 Å². The summed E-state index contributed by atoms with van der Waals surface area (Å²) in [6, 6.07) is -1.06. The summed E-state index contributed by atoms with van der Waals surface area (Å²) >= 11 is 0. The normalized spacial score (nSPS) is 19.3. The van der Waals surface area contributed by atoms with Crippen molar-refractivity contribution in [2.75, 3.05) is 13.2 Å². The average molecular weight is 1210 g/mol. The zero-order valence-corrected chi connectivity index (χ0v) is 54.6. The lowest BCUT2D eigenvalue weighted by atomic mass is 9.99. The molecule has 0 spiro atoms. The number of carbonyl (C=O) groups excluding carboxylic acids is 2. The molecule has 6 N–H and O–H groups in total. The van der Waals surface area contributed by atoms with Gasteiger partial charge in [0.15, 0.2) is 12.4 Å². The molecule has 0 saturated carbocycles. The van der Waals surface area contributed by atoms with E-state index in [4.69, 9.17) is 14.2 Å². The van der Waals surface area contributed by atoms with Gasteiger partial charge < -0.3 is 45.1 Å². The second kappa shape index (κ2) is 61.5. The fourth-order valence-electron chi connectivity index (χ4n) is 9.60. The zero-order valence-electron chi connectivity index (χ0n) is 54.6. The predicted molar refractivity (Wildman–Crippen MR) is 365 cm³/mol. The number of aliphatic hydroxyl groups excluding tert-OH is 5.